The minimum Gasteiger partial charge on any atom is -0.375 e. The van der Waals surface area contributed by atoms with Gasteiger partial charge in [0.2, 0.25) is 6.41 Å². The molecule has 2 aromatic carbocycles. The number of unbranched alkanes of at least 4 members (excludes halogenated alkanes) is 1. The number of hydrogen-bond donors (Lipinski definition) is 2. The molecule has 0 spiro atoms. The zero-order valence-electron chi connectivity index (χ0n) is 26.4. The fourth-order valence-corrected chi connectivity index (χ4v) is 8.26. The second-order valence-corrected chi connectivity index (χ2v) is 14.1. The van der Waals surface area contributed by atoms with Crippen molar-refractivity contribution >= 4 is 61.4 Å². The zero-order valence-corrected chi connectivity index (χ0v) is 28.0. The van der Waals surface area contributed by atoms with Crippen LogP contribution < -0.4 is 16.3 Å². The van der Waals surface area contributed by atoms with Gasteiger partial charge in [0, 0.05) is 54.3 Å². The molecule has 0 saturated carbocycles. The summed E-state index contributed by atoms with van der Waals surface area (Å²) in [6.07, 6.45) is 8.03. The molecule has 0 aliphatic carbocycles. The molecular weight excluding hydrogens is 651 g/mol. The first-order valence-electron chi connectivity index (χ1n) is 16.3. The molecule has 3 N–H and O–H groups in total. The lowest BCUT2D eigenvalue weighted by Gasteiger charge is -2.39. The second-order valence-electron chi connectivity index (χ2n) is 12.6. The molecular formula is C33H39ClF3N7O2S. The molecule has 3 unspecified atom stereocenters. The lowest BCUT2D eigenvalue weighted by Crippen LogP contribution is -2.53. The number of piperazine rings is 1. The van der Waals surface area contributed by atoms with Gasteiger partial charge < -0.3 is 20.5 Å². The molecule has 4 saturated heterocycles. The molecule has 14 heteroatoms. The topological polar surface area (TPSA) is 111 Å². The minimum absolute atomic E-state index is 0.00889. The molecule has 4 atom stereocenters. The molecule has 4 fully saturated rings. The summed E-state index contributed by atoms with van der Waals surface area (Å²) in [5.41, 5.74) is 5.46. The predicted molar refractivity (Wildman–Crippen MR) is 182 cm³/mol. The maximum atomic E-state index is 16.0. The maximum absolute atomic E-state index is 16.0. The maximum Gasteiger partial charge on any atom is 0.347 e. The molecule has 4 aromatic rings. The first-order chi connectivity index (χ1) is 22.6. The van der Waals surface area contributed by atoms with Gasteiger partial charge in [-0.15, -0.1) is 0 Å². The number of aromatic nitrogens is 3. The van der Waals surface area contributed by atoms with Crippen molar-refractivity contribution in [3.05, 3.63) is 45.3 Å². The number of alkyl halides is 1. The number of halogens is 4. The summed E-state index contributed by atoms with van der Waals surface area (Å²) in [5, 5.41) is 0.553. The summed E-state index contributed by atoms with van der Waals surface area (Å²) < 4.78 is 43.0. The van der Waals surface area contributed by atoms with Gasteiger partial charge in [-0.05, 0) is 56.8 Å². The van der Waals surface area contributed by atoms with Crippen molar-refractivity contribution in [2.45, 2.75) is 83.1 Å². The van der Waals surface area contributed by atoms with Crippen LogP contribution in [0.4, 0.5) is 24.1 Å². The molecule has 2 bridgehead atoms. The Morgan fingerprint density at radius 2 is 1.81 bits per heavy atom. The van der Waals surface area contributed by atoms with Gasteiger partial charge in [-0.25, -0.2) is 22.9 Å². The molecule has 8 rings (SSSR count). The van der Waals surface area contributed by atoms with E-state index in [1.54, 1.807) is 11.0 Å². The largest absolute Gasteiger partial charge is 0.375 e. The summed E-state index contributed by atoms with van der Waals surface area (Å²) in [5.74, 6) is -0.970. The monoisotopic (exact) mass is 689 g/mol. The number of nitrogen functional groups attached to an aromatic ring is 1. The molecule has 252 valence electrons. The van der Waals surface area contributed by atoms with Crippen LogP contribution >= 0.6 is 22.9 Å². The number of carbonyl (C=O) groups excluding carboxylic acids is 1. The molecule has 2 aromatic heterocycles. The van der Waals surface area contributed by atoms with Crippen molar-refractivity contribution in [3.8, 4) is 11.1 Å². The Kier molecular flexibility index (Phi) is 9.95. The number of fused-ring (bicyclic) bond motifs is 5. The van der Waals surface area contributed by atoms with Crippen molar-refractivity contribution < 1.29 is 18.0 Å². The summed E-state index contributed by atoms with van der Waals surface area (Å²) in [7, 11) is 0. The number of aromatic amines is 1. The van der Waals surface area contributed by atoms with Gasteiger partial charge in [-0.1, -0.05) is 49.6 Å². The van der Waals surface area contributed by atoms with Crippen LogP contribution in [0.5, 0.6) is 0 Å². The van der Waals surface area contributed by atoms with Crippen molar-refractivity contribution in [1.82, 2.24) is 24.8 Å². The Morgan fingerprint density at radius 3 is 2.47 bits per heavy atom. The molecule has 9 nitrogen and oxygen atoms in total. The Morgan fingerprint density at radius 1 is 1.09 bits per heavy atom. The van der Waals surface area contributed by atoms with E-state index < -0.39 is 23.5 Å². The van der Waals surface area contributed by atoms with Crippen LogP contribution in [-0.2, 0) is 4.79 Å². The van der Waals surface area contributed by atoms with Gasteiger partial charge in [0.25, 0.3) is 0 Å². The molecule has 4 aliphatic heterocycles. The van der Waals surface area contributed by atoms with Crippen LogP contribution in [0.25, 0.3) is 32.2 Å². The number of rotatable bonds is 4. The van der Waals surface area contributed by atoms with Gasteiger partial charge in [-0.3, -0.25) is 9.69 Å². The van der Waals surface area contributed by atoms with E-state index in [0.29, 0.717) is 36.9 Å². The fraction of sp³-hybridized carbons (Fsp3) is 0.515. The van der Waals surface area contributed by atoms with Crippen LogP contribution in [0.15, 0.2) is 23.0 Å². The smallest absolute Gasteiger partial charge is 0.347 e. The third kappa shape index (κ3) is 6.54. The number of nitrogens with two attached hydrogens (primary N) is 1. The number of nitrogens with zero attached hydrogens (tertiary/aromatic N) is 5. The van der Waals surface area contributed by atoms with Gasteiger partial charge in [-0.2, -0.15) is 4.98 Å². The first kappa shape index (κ1) is 33.5. The SMILES string of the molecule is CCCC.F[C@@H]1CC2CCCN2C1.Nc1nc2c(-c3c(Cl)cc4c(N5CC6CCC(C5)N6C=O)nc(=O)[nH]c4c3F)ccc(F)c2s1. The Hall–Kier alpha value is -3.42. The molecule has 47 heavy (non-hydrogen) atoms. The van der Waals surface area contributed by atoms with Crippen molar-refractivity contribution in [1.29, 1.82) is 0 Å². The molecule has 6 heterocycles. The van der Waals surface area contributed by atoms with Crippen molar-refractivity contribution in [3.63, 3.8) is 0 Å². The summed E-state index contributed by atoms with van der Waals surface area (Å²) in [6.45, 7) is 7.19. The van der Waals surface area contributed by atoms with Crippen LogP contribution in [-0.4, -0.2) is 81.6 Å². The van der Waals surface area contributed by atoms with E-state index in [1.807, 2.05) is 4.90 Å². The molecule has 0 radical (unpaired) electrons. The van der Waals surface area contributed by atoms with Crippen LogP contribution in [0.3, 0.4) is 0 Å². The highest BCUT2D eigenvalue weighted by atomic mass is 35.5. The number of thiazole rings is 1. The fourth-order valence-electron chi connectivity index (χ4n) is 7.20. The van der Waals surface area contributed by atoms with Gasteiger partial charge >= 0.3 is 5.69 Å². The van der Waals surface area contributed by atoms with Crippen LogP contribution in [0, 0.1) is 11.6 Å². The van der Waals surface area contributed by atoms with Crippen molar-refractivity contribution in [2.24, 2.45) is 0 Å². The summed E-state index contributed by atoms with van der Waals surface area (Å²) in [4.78, 5) is 40.7. The minimum atomic E-state index is -0.766. The zero-order chi connectivity index (χ0) is 33.4. The normalized spacial score (nSPS) is 23.4. The van der Waals surface area contributed by atoms with Crippen LogP contribution in [0.1, 0.15) is 58.8 Å². The highest BCUT2D eigenvalue weighted by molar-refractivity contribution is 7.22. The average molecular weight is 690 g/mol. The quantitative estimate of drug-likeness (QED) is 0.235. The average Bonchev–Trinajstić information content (AvgIpc) is 3.80. The summed E-state index contributed by atoms with van der Waals surface area (Å²) >= 11 is 7.53. The van der Waals surface area contributed by atoms with E-state index in [1.165, 1.54) is 37.8 Å². The number of benzene rings is 2. The lowest BCUT2D eigenvalue weighted by atomic mass is 10.0. The Labute approximate surface area is 279 Å². The van der Waals surface area contributed by atoms with Crippen LogP contribution in [0.2, 0.25) is 5.02 Å². The van der Waals surface area contributed by atoms with E-state index in [0.717, 1.165) is 43.6 Å². The first-order valence-corrected chi connectivity index (χ1v) is 17.5. The standard InChI is InChI=1S/C22H17ClF2N6O2S.C7H12FN.C4H10/c23-13-5-12-17(16(25)15(13)11-3-4-14(24)19-18(11)27-21(26)34-19)28-22(33)29-20(12)30-6-9-1-2-10(7-30)31(9)8-32;8-6-4-7-2-1-3-9(7)5-6;1-3-4-2/h3-5,8-10H,1-2,6-7H2,(H2,26,27)(H,28,29,33);6-7H,1-5H2;3-4H2,1-2H3/t;6-,7?;/m.1./s1. The number of carbonyl (C=O) groups is 1. The van der Waals surface area contributed by atoms with E-state index in [4.69, 9.17) is 17.3 Å². The third-order valence-corrected chi connectivity index (χ3v) is 10.8. The van der Waals surface area contributed by atoms with E-state index >= 15 is 4.39 Å². The number of nitrogens with one attached hydrogen (secondary N) is 1. The highest BCUT2D eigenvalue weighted by Crippen LogP contribution is 2.42. The van der Waals surface area contributed by atoms with Crippen molar-refractivity contribution in [2.75, 3.05) is 36.8 Å². The number of hydrogen-bond acceptors (Lipinski definition) is 8. The summed E-state index contributed by atoms with van der Waals surface area (Å²) in [6, 6.07) is 4.78. The van der Waals surface area contributed by atoms with E-state index in [-0.39, 0.29) is 49.1 Å². The molecule has 4 aliphatic rings. The second kappa shape index (κ2) is 14.0. The molecule has 1 amide bonds. The lowest BCUT2D eigenvalue weighted by molar-refractivity contribution is -0.121. The number of amides is 1. The Balaban J connectivity index is 0.000000248. The number of anilines is 2. The predicted octanol–water partition coefficient (Wildman–Crippen LogP) is 6.52. The highest BCUT2D eigenvalue weighted by Gasteiger charge is 2.40. The van der Waals surface area contributed by atoms with Gasteiger partial charge in [0.15, 0.2) is 10.9 Å². The van der Waals surface area contributed by atoms with E-state index in [9.17, 15) is 18.4 Å². The number of H-pyrrole nitrogens is 1. The van der Waals surface area contributed by atoms with E-state index in [2.05, 4.69) is 33.7 Å². The Bertz CT molecular complexity index is 1810. The van der Waals surface area contributed by atoms with Gasteiger partial charge in [0.1, 0.15) is 17.8 Å². The van der Waals surface area contributed by atoms with Gasteiger partial charge in [0.05, 0.1) is 20.8 Å². The third-order valence-electron chi connectivity index (χ3n) is 9.60.